The molecule has 2 N–H and O–H groups in total. The lowest BCUT2D eigenvalue weighted by Gasteiger charge is -2.11. The second kappa shape index (κ2) is 4.64. The normalized spacial score (nSPS) is 12.9. The number of hydrogen-bond donors (Lipinski definition) is 1. The third-order valence-corrected chi connectivity index (χ3v) is 2.63. The molecule has 1 aromatic carbocycles. The Bertz CT molecular complexity index is 283. The highest BCUT2D eigenvalue weighted by atomic mass is 35.5. The van der Waals surface area contributed by atoms with Crippen LogP contribution in [0.3, 0.4) is 0 Å². The lowest BCUT2D eigenvalue weighted by Crippen LogP contribution is -2.09. The molecule has 2 heteroatoms. The van der Waals surface area contributed by atoms with Gasteiger partial charge in [-0.3, -0.25) is 0 Å². The van der Waals surface area contributed by atoms with Crippen molar-refractivity contribution in [3.63, 3.8) is 0 Å². The minimum atomic E-state index is 0.128. The highest BCUT2D eigenvalue weighted by molar-refractivity contribution is 6.31. The van der Waals surface area contributed by atoms with Gasteiger partial charge in [0.05, 0.1) is 0 Å². The van der Waals surface area contributed by atoms with Crippen LogP contribution < -0.4 is 5.73 Å². The summed E-state index contributed by atoms with van der Waals surface area (Å²) >= 11 is 6.00. The van der Waals surface area contributed by atoms with Crippen LogP contribution in [0.4, 0.5) is 0 Å². The fraction of sp³-hybridized carbons (Fsp3) is 0.455. The molecule has 13 heavy (non-hydrogen) atoms. The van der Waals surface area contributed by atoms with E-state index >= 15 is 0 Å². The lowest BCUT2D eigenvalue weighted by atomic mass is 10.0. The highest BCUT2D eigenvalue weighted by Gasteiger charge is 2.05. The molecule has 72 valence electrons. The Morgan fingerprint density at radius 2 is 2.15 bits per heavy atom. The number of nitrogens with two attached hydrogens (primary N) is 1. The first-order valence-corrected chi connectivity index (χ1v) is 5.04. The summed E-state index contributed by atoms with van der Waals surface area (Å²) < 4.78 is 0. The van der Waals surface area contributed by atoms with E-state index in [1.54, 1.807) is 0 Å². The van der Waals surface area contributed by atoms with Crippen LogP contribution in [-0.4, -0.2) is 0 Å². The van der Waals surface area contributed by atoms with Gasteiger partial charge in [-0.2, -0.15) is 0 Å². The van der Waals surface area contributed by atoms with Crippen LogP contribution >= 0.6 is 11.6 Å². The Hall–Kier alpha value is -0.530. The maximum absolute atomic E-state index is 6.00. The average Bonchev–Trinajstić information content (AvgIpc) is 2.10. The second-order valence-corrected chi connectivity index (χ2v) is 3.81. The molecule has 0 aromatic heterocycles. The maximum Gasteiger partial charge on any atom is 0.0438 e. The van der Waals surface area contributed by atoms with Crippen molar-refractivity contribution in [2.24, 2.45) is 5.73 Å². The van der Waals surface area contributed by atoms with Crippen LogP contribution in [0.2, 0.25) is 5.02 Å². The molecule has 1 nitrogen and oxygen atoms in total. The Morgan fingerprint density at radius 1 is 1.46 bits per heavy atom. The molecule has 0 aliphatic carbocycles. The number of aryl methyl sites for hydroxylation is 1. The van der Waals surface area contributed by atoms with E-state index in [2.05, 4.69) is 13.0 Å². The van der Waals surface area contributed by atoms with Gasteiger partial charge in [-0.05, 0) is 30.5 Å². The summed E-state index contributed by atoms with van der Waals surface area (Å²) in [7, 11) is 0. The Balaban J connectivity index is 2.84. The summed E-state index contributed by atoms with van der Waals surface area (Å²) in [6.45, 7) is 4.13. The third-order valence-electron chi connectivity index (χ3n) is 2.22. The van der Waals surface area contributed by atoms with Crippen molar-refractivity contribution in [2.75, 3.05) is 0 Å². The van der Waals surface area contributed by atoms with E-state index in [0.717, 1.165) is 29.0 Å². The molecule has 0 saturated heterocycles. The molecular formula is C11H16ClN. The van der Waals surface area contributed by atoms with Gasteiger partial charge in [0.1, 0.15) is 0 Å². The largest absolute Gasteiger partial charge is 0.324 e. The molecule has 0 bridgehead atoms. The second-order valence-electron chi connectivity index (χ2n) is 3.40. The first kappa shape index (κ1) is 10.6. The van der Waals surface area contributed by atoms with Crippen LogP contribution in [0, 0.1) is 6.92 Å². The molecule has 0 aliphatic rings. The fourth-order valence-corrected chi connectivity index (χ4v) is 1.51. The van der Waals surface area contributed by atoms with Gasteiger partial charge in [0.25, 0.3) is 0 Å². The van der Waals surface area contributed by atoms with Crippen LogP contribution in [0.1, 0.15) is 36.9 Å². The molecule has 0 spiro atoms. The maximum atomic E-state index is 6.00. The Labute approximate surface area is 84.9 Å². The zero-order chi connectivity index (χ0) is 9.84. The van der Waals surface area contributed by atoms with E-state index < -0.39 is 0 Å². The summed E-state index contributed by atoms with van der Waals surface area (Å²) in [6, 6.07) is 6.18. The van der Waals surface area contributed by atoms with Crippen LogP contribution in [0.5, 0.6) is 0 Å². The minimum Gasteiger partial charge on any atom is -0.324 e. The number of rotatable bonds is 3. The van der Waals surface area contributed by atoms with Crippen molar-refractivity contribution in [1.82, 2.24) is 0 Å². The van der Waals surface area contributed by atoms with E-state index in [4.69, 9.17) is 17.3 Å². The smallest absolute Gasteiger partial charge is 0.0438 e. The quantitative estimate of drug-likeness (QED) is 0.790. The number of benzene rings is 1. The summed E-state index contributed by atoms with van der Waals surface area (Å²) in [5, 5.41) is 0.809. The summed E-state index contributed by atoms with van der Waals surface area (Å²) in [6.07, 6.45) is 2.12. The van der Waals surface area contributed by atoms with Crippen molar-refractivity contribution in [3.8, 4) is 0 Å². The lowest BCUT2D eigenvalue weighted by molar-refractivity contribution is 0.638. The van der Waals surface area contributed by atoms with Gasteiger partial charge >= 0.3 is 0 Å². The fourth-order valence-electron chi connectivity index (χ4n) is 1.32. The molecule has 0 unspecified atom stereocenters. The first-order chi connectivity index (χ1) is 6.15. The molecule has 0 saturated carbocycles. The number of hydrogen-bond acceptors (Lipinski definition) is 1. The molecular weight excluding hydrogens is 182 g/mol. The monoisotopic (exact) mass is 197 g/mol. The Kier molecular flexibility index (Phi) is 3.76. The number of halogens is 1. The third kappa shape index (κ3) is 2.71. The molecule has 1 atom stereocenters. The molecule has 0 heterocycles. The standard InChI is InChI=1S/C11H16ClN/c1-3-4-11(13)9-6-5-8(2)10(12)7-9/h5-7,11H,3-4,13H2,1-2H3/t11-/m1/s1. The molecule has 0 radical (unpaired) electrons. The van der Waals surface area contributed by atoms with Crippen LogP contribution in [0.15, 0.2) is 18.2 Å². The van der Waals surface area contributed by atoms with E-state index in [-0.39, 0.29) is 6.04 Å². The van der Waals surface area contributed by atoms with Gasteiger partial charge in [0, 0.05) is 11.1 Å². The average molecular weight is 198 g/mol. The van der Waals surface area contributed by atoms with Crippen molar-refractivity contribution in [1.29, 1.82) is 0 Å². The van der Waals surface area contributed by atoms with Crippen molar-refractivity contribution in [2.45, 2.75) is 32.7 Å². The molecule has 0 amide bonds. The molecule has 1 rings (SSSR count). The molecule has 0 fully saturated rings. The van der Waals surface area contributed by atoms with Gasteiger partial charge in [-0.1, -0.05) is 37.1 Å². The van der Waals surface area contributed by atoms with E-state index in [0.29, 0.717) is 0 Å². The summed E-state index contributed by atoms with van der Waals surface area (Å²) in [4.78, 5) is 0. The predicted molar refractivity (Wildman–Crippen MR) is 58.0 cm³/mol. The predicted octanol–water partition coefficient (Wildman–Crippen LogP) is 3.45. The topological polar surface area (TPSA) is 26.0 Å². The van der Waals surface area contributed by atoms with Crippen LogP contribution in [0.25, 0.3) is 0 Å². The summed E-state index contributed by atoms with van der Waals surface area (Å²) in [5.41, 5.74) is 8.21. The van der Waals surface area contributed by atoms with E-state index in [1.165, 1.54) is 0 Å². The van der Waals surface area contributed by atoms with Gasteiger partial charge in [0.2, 0.25) is 0 Å². The van der Waals surface area contributed by atoms with Crippen LogP contribution in [-0.2, 0) is 0 Å². The zero-order valence-electron chi connectivity index (χ0n) is 8.18. The van der Waals surface area contributed by atoms with E-state index in [1.807, 2.05) is 19.1 Å². The van der Waals surface area contributed by atoms with Crippen molar-refractivity contribution in [3.05, 3.63) is 34.3 Å². The SMILES string of the molecule is CCC[C@@H](N)c1ccc(C)c(Cl)c1. The van der Waals surface area contributed by atoms with E-state index in [9.17, 15) is 0 Å². The van der Waals surface area contributed by atoms with Gasteiger partial charge < -0.3 is 5.73 Å². The van der Waals surface area contributed by atoms with Crippen molar-refractivity contribution < 1.29 is 0 Å². The highest BCUT2D eigenvalue weighted by Crippen LogP contribution is 2.22. The minimum absolute atomic E-state index is 0.128. The van der Waals surface area contributed by atoms with Crippen molar-refractivity contribution >= 4 is 11.6 Å². The Morgan fingerprint density at radius 3 is 2.69 bits per heavy atom. The zero-order valence-corrected chi connectivity index (χ0v) is 8.93. The first-order valence-electron chi connectivity index (χ1n) is 4.66. The van der Waals surface area contributed by atoms with Gasteiger partial charge in [-0.15, -0.1) is 0 Å². The molecule has 1 aromatic rings. The summed E-state index contributed by atoms with van der Waals surface area (Å²) in [5.74, 6) is 0. The van der Waals surface area contributed by atoms with Gasteiger partial charge in [-0.25, -0.2) is 0 Å². The molecule has 0 aliphatic heterocycles. The van der Waals surface area contributed by atoms with Gasteiger partial charge in [0.15, 0.2) is 0 Å².